The minimum atomic E-state index is 0.516. The molecule has 1 N–H and O–H groups in total. The van der Waals surface area contributed by atoms with Crippen molar-refractivity contribution in [2.24, 2.45) is 11.3 Å². The minimum absolute atomic E-state index is 0.516. The van der Waals surface area contributed by atoms with Gasteiger partial charge in [0.05, 0.1) is 18.5 Å². The van der Waals surface area contributed by atoms with Gasteiger partial charge in [0.15, 0.2) is 0 Å². The SMILES string of the molecule is CCC1OC1[C@H]1CC[C@@]2(CCC/C(=C\O)C2)C1. The quantitative estimate of drug-likeness (QED) is 0.581. The van der Waals surface area contributed by atoms with Crippen LogP contribution in [0.3, 0.4) is 0 Å². The molecule has 3 aliphatic rings. The van der Waals surface area contributed by atoms with Gasteiger partial charge in [-0.1, -0.05) is 6.92 Å². The maximum Gasteiger partial charge on any atom is 0.0870 e. The molecule has 17 heavy (non-hydrogen) atoms. The van der Waals surface area contributed by atoms with Gasteiger partial charge in [-0.2, -0.15) is 0 Å². The number of rotatable bonds is 2. The van der Waals surface area contributed by atoms with E-state index in [9.17, 15) is 5.11 Å². The highest BCUT2D eigenvalue weighted by Gasteiger charge is 2.50. The molecule has 4 atom stereocenters. The molecule has 96 valence electrons. The molecule has 3 rings (SSSR count). The van der Waals surface area contributed by atoms with Crippen LogP contribution in [-0.4, -0.2) is 17.3 Å². The van der Waals surface area contributed by atoms with Crippen molar-refractivity contribution in [1.29, 1.82) is 0 Å². The van der Waals surface area contributed by atoms with E-state index in [-0.39, 0.29) is 0 Å². The number of hydrogen-bond donors (Lipinski definition) is 1. The van der Waals surface area contributed by atoms with Gasteiger partial charge in [0, 0.05) is 0 Å². The Morgan fingerprint density at radius 3 is 3.06 bits per heavy atom. The fraction of sp³-hybridized carbons (Fsp3) is 0.867. The second-order valence-electron chi connectivity index (χ2n) is 6.37. The molecule has 0 aromatic carbocycles. The predicted molar refractivity (Wildman–Crippen MR) is 67.9 cm³/mol. The van der Waals surface area contributed by atoms with Gasteiger partial charge >= 0.3 is 0 Å². The first kappa shape index (κ1) is 11.6. The van der Waals surface area contributed by atoms with Crippen LogP contribution < -0.4 is 0 Å². The van der Waals surface area contributed by atoms with Gasteiger partial charge in [-0.05, 0) is 68.3 Å². The number of hydrogen-bond acceptors (Lipinski definition) is 2. The highest BCUT2D eigenvalue weighted by Crippen LogP contribution is 2.55. The molecular formula is C15H24O2. The lowest BCUT2D eigenvalue weighted by atomic mass is 9.70. The molecule has 3 fully saturated rings. The number of aliphatic hydroxyl groups is 1. The number of allylic oxidation sites excluding steroid dienone is 1. The molecule has 1 heterocycles. The molecule has 2 unspecified atom stereocenters. The first-order valence-corrected chi connectivity index (χ1v) is 7.24. The lowest BCUT2D eigenvalue weighted by Gasteiger charge is -2.34. The summed E-state index contributed by atoms with van der Waals surface area (Å²) in [7, 11) is 0. The third-order valence-corrected chi connectivity index (χ3v) is 5.22. The Hall–Kier alpha value is -0.500. The van der Waals surface area contributed by atoms with E-state index in [4.69, 9.17) is 4.74 Å². The predicted octanol–water partition coefficient (Wildman–Crippen LogP) is 3.97. The van der Waals surface area contributed by atoms with Gasteiger partial charge in [-0.15, -0.1) is 0 Å². The van der Waals surface area contributed by atoms with E-state index < -0.39 is 0 Å². The molecule has 0 radical (unpaired) electrons. The van der Waals surface area contributed by atoms with Crippen molar-refractivity contribution in [3.05, 3.63) is 11.8 Å². The van der Waals surface area contributed by atoms with E-state index in [1.165, 1.54) is 50.4 Å². The highest BCUT2D eigenvalue weighted by atomic mass is 16.6. The van der Waals surface area contributed by atoms with Crippen LogP contribution in [0.2, 0.25) is 0 Å². The molecule has 1 aliphatic heterocycles. The molecule has 2 heteroatoms. The van der Waals surface area contributed by atoms with Crippen molar-refractivity contribution in [2.75, 3.05) is 0 Å². The number of epoxide rings is 1. The summed E-state index contributed by atoms with van der Waals surface area (Å²) in [5.41, 5.74) is 1.79. The molecule has 0 aromatic heterocycles. The lowest BCUT2D eigenvalue weighted by Crippen LogP contribution is -2.23. The topological polar surface area (TPSA) is 32.8 Å². The van der Waals surface area contributed by atoms with Crippen LogP contribution >= 0.6 is 0 Å². The third kappa shape index (κ3) is 2.12. The molecule has 0 amide bonds. The van der Waals surface area contributed by atoms with E-state index in [1.54, 1.807) is 0 Å². The third-order valence-electron chi connectivity index (χ3n) is 5.22. The first-order chi connectivity index (χ1) is 8.26. The van der Waals surface area contributed by atoms with Gasteiger partial charge in [0.2, 0.25) is 0 Å². The zero-order valence-corrected chi connectivity index (χ0v) is 10.8. The van der Waals surface area contributed by atoms with Crippen LogP contribution in [0.25, 0.3) is 0 Å². The Balaban J connectivity index is 1.62. The van der Waals surface area contributed by atoms with Crippen LogP contribution in [0, 0.1) is 11.3 Å². The summed E-state index contributed by atoms with van der Waals surface area (Å²) in [5.74, 6) is 0.804. The van der Waals surface area contributed by atoms with E-state index in [0.717, 1.165) is 18.8 Å². The summed E-state index contributed by atoms with van der Waals surface area (Å²) in [6.07, 6.45) is 12.6. The van der Waals surface area contributed by atoms with Gasteiger partial charge in [0.1, 0.15) is 0 Å². The summed E-state index contributed by atoms with van der Waals surface area (Å²) in [5, 5.41) is 9.22. The van der Waals surface area contributed by atoms with Crippen LogP contribution in [0.1, 0.15) is 58.3 Å². The van der Waals surface area contributed by atoms with E-state index in [2.05, 4.69) is 6.92 Å². The Bertz CT molecular complexity index is 323. The molecule has 1 saturated heterocycles. The largest absolute Gasteiger partial charge is 0.516 e. The van der Waals surface area contributed by atoms with Gasteiger partial charge < -0.3 is 9.84 Å². The number of aliphatic hydroxyl groups excluding tert-OH is 1. The Morgan fingerprint density at radius 1 is 1.47 bits per heavy atom. The summed E-state index contributed by atoms with van der Waals surface area (Å²) >= 11 is 0. The Kier molecular flexibility index (Phi) is 2.94. The zero-order chi connectivity index (χ0) is 11.9. The van der Waals surface area contributed by atoms with Crippen molar-refractivity contribution in [3.63, 3.8) is 0 Å². The molecule has 2 nitrogen and oxygen atoms in total. The molecule has 0 aromatic rings. The van der Waals surface area contributed by atoms with Crippen molar-refractivity contribution in [2.45, 2.75) is 70.5 Å². The molecule has 2 aliphatic carbocycles. The van der Waals surface area contributed by atoms with E-state index in [0.29, 0.717) is 17.6 Å². The summed E-state index contributed by atoms with van der Waals surface area (Å²) < 4.78 is 5.77. The molecule has 1 spiro atoms. The van der Waals surface area contributed by atoms with E-state index >= 15 is 0 Å². The fourth-order valence-electron chi connectivity index (χ4n) is 4.28. The summed E-state index contributed by atoms with van der Waals surface area (Å²) in [4.78, 5) is 0. The maximum atomic E-state index is 9.22. The van der Waals surface area contributed by atoms with Gasteiger partial charge in [0.25, 0.3) is 0 Å². The van der Waals surface area contributed by atoms with Crippen LogP contribution in [0.5, 0.6) is 0 Å². The maximum absolute atomic E-state index is 9.22. The van der Waals surface area contributed by atoms with Crippen LogP contribution in [0.4, 0.5) is 0 Å². The second-order valence-corrected chi connectivity index (χ2v) is 6.37. The summed E-state index contributed by atoms with van der Waals surface area (Å²) in [6.45, 7) is 2.22. The van der Waals surface area contributed by atoms with Gasteiger partial charge in [-0.3, -0.25) is 0 Å². The average molecular weight is 236 g/mol. The van der Waals surface area contributed by atoms with Crippen LogP contribution in [-0.2, 0) is 4.74 Å². The minimum Gasteiger partial charge on any atom is -0.516 e. The Morgan fingerprint density at radius 2 is 2.35 bits per heavy atom. The number of ether oxygens (including phenoxy) is 1. The molecule has 2 saturated carbocycles. The van der Waals surface area contributed by atoms with Crippen LogP contribution in [0.15, 0.2) is 11.8 Å². The fourth-order valence-corrected chi connectivity index (χ4v) is 4.28. The molecular weight excluding hydrogens is 212 g/mol. The highest BCUT2D eigenvalue weighted by molar-refractivity contribution is 5.10. The van der Waals surface area contributed by atoms with Gasteiger partial charge in [-0.25, -0.2) is 0 Å². The second kappa shape index (κ2) is 4.31. The lowest BCUT2D eigenvalue weighted by molar-refractivity contribution is 0.211. The van der Waals surface area contributed by atoms with Crippen molar-refractivity contribution >= 4 is 0 Å². The normalized spacial score (nSPS) is 47.8. The van der Waals surface area contributed by atoms with Crippen molar-refractivity contribution in [3.8, 4) is 0 Å². The average Bonchev–Trinajstić information content (AvgIpc) is 3.06. The first-order valence-electron chi connectivity index (χ1n) is 7.24. The smallest absolute Gasteiger partial charge is 0.0870 e. The molecule has 0 bridgehead atoms. The van der Waals surface area contributed by atoms with Crippen molar-refractivity contribution < 1.29 is 9.84 Å². The monoisotopic (exact) mass is 236 g/mol. The van der Waals surface area contributed by atoms with Crippen molar-refractivity contribution in [1.82, 2.24) is 0 Å². The Labute approximate surface area is 104 Å². The van der Waals surface area contributed by atoms with E-state index in [1.807, 2.05) is 0 Å². The standard InChI is InChI=1S/C15H24O2/c1-2-13-14(17-13)12-5-7-15(9-12)6-3-4-11(8-15)10-16/h10,12-14,16H,2-9H2,1H3/b11-10+/t12-,13?,14?,15+/m0/s1. The zero-order valence-electron chi connectivity index (χ0n) is 10.8. The summed E-state index contributed by atoms with van der Waals surface area (Å²) in [6, 6.07) is 0.